The summed E-state index contributed by atoms with van der Waals surface area (Å²) in [6, 6.07) is 0.134. The van der Waals surface area contributed by atoms with Gasteiger partial charge in [0.15, 0.2) is 5.82 Å². The van der Waals surface area contributed by atoms with Crippen LogP contribution in [0.3, 0.4) is 0 Å². The topological polar surface area (TPSA) is 76.9 Å². The fraction of sp³-hybridized carbons (Fsp3) is 0.632. The van der Waals surface area contributed by atoms with E-state index in [0.717, 1.165) is 61.9 Å². The van der Waals surface area contributed by atoms with Crippen molar-refractivity contribution >= 4 is 30.6 Å². The molecule has 0 saturated heterocycles. The molecule has 1 aliphatic rings. The van der Waals surface area contributed by atoms with E-state index in [1.54, 1.807) is 0 Å². The molecule has 28 heavy (non-hydrogen) atoms. The number of fused-ring (bicyclic) bond motifs is 1. The molecule has 0 aromatic carbocycles. The minimum atomic E-state index is 0. The van der Waals surface area contributed by atoms with Crippen molar-refractivity contribution in [1.82, 2.24) is 24.8 Å². The zero-order valence-corrected chi connectivity index (χ0v) is 18.5. The standard InChI is InChI=1S/C19H30N6O.2ClH/c1-4-6-16(19-21-11-12-25(19)3)23-18-14-7-9-20-10-8-15(14)22-17(24-18)13-26-5-2;;/h11-12,16,20H,4-10,13H2,1-3H3,(H,22,23,24);2*1H. The van der Waals surface area contributed by atoms with Gasteiger partial charge in [0, 0.05) is 44.6 Å². The molecule has 9 heteroatoms. The average Bonchev–Trinajstić information content (AvgIpc) is 2.92. The Balaban J connectivity index is 0.00000196. The minimum Gasteiger partial charge on any atom is -0.374 e. The highest BCUT2D eigenvalue weighted by Crippen LogP contribution is 2.26. The quantitative estimate of drug-likeness (QED) is 0.669. The lowest BCUT2D eigenvalue weighted by Crippen LogP contribution is -2.19. The van der Waals surface area contributed by atoms with Gasteiger partial charge in [-0.05, 0) is 26.3 Å². The largest absolute Gasteiger partial charge is 0.374 e. The van der Waals surface area contributed by atoms with E-state index in [4.69, 9.17) is 14.7 Å². The van der Waals surface area contributed by atoms with Crippen LogP contribution >= 0.6 is 24.8 Å². The van der Waals surface area contributed by atoms with E-state index in [1.807, 2.05) is 26.4 Å². The number of nitrogens with one attached hydrogen (secondary N) is 2. The van der Waals surface area contributed by atoms with Crippen LogP contribution in [-0.4, -0.2) is 39.2 Å². The van der Waals surface area contributed by atoms with Crippen molar-refractivity contribution in [3.05, 3.63) is 35.3 Å². The van der Waals surface area contributed by atoms with Gasteiger partial charge >= 0.3 is 0 Å². The van der Waals surface area contributed by atoms with Crippen LogP contribution in [0.2, 0.25) is 0 Å². The third-order valence-corrected chi connectivity index (χ3v) is 4.72. The molecule has 1 aliphatic heterocycles. The first-order valence-electron chi connectivity index (χ1n) is 9.63. The Hall–Kier alpha value is -1.41. The monoisotopic (exact) mass is 430 g/mol. The van der Waals surface area contributed by atoms with Crippen LogP contribution in [0.5, 0.6) is 0 Å². The highest BCUT2D eigenvalue weighted by molar-refractivity contribution is 5.85. The first kappa shape index (κ1) is 24.6. The van der Waals surface area contributed by atoms with Crippen molar-refractivity contribution in [2.24, 2.45) is 7.05 Å². The zero-order chi connectivity index (χ0) is 18.4. The molecular formula is C19H32Cl2N6O. The number of anilines is 1. The summed E-state index contributed by atoms with van der Waals surface area (Å²) in [5.41, 5.74) is 2.36. The SMILES string of the molecule is CCCC(Nc1nc(COCC)nc2c1CCNCC2)c1nccn1C.Cl.Cl. The summed E-state index contributed by atoms with van der Waals surface area (Å²) in [6.45, 7) is 7.21. The predicted molar refractivity (Wildman–Crippen MR) is 117 cm³/mol. The molecule has 3 heterocycles. The maximum absolute atomic E-state index is 5.56. The van der Waals surface area contributed by atoms with Gasteiger partial charge in [-0.3, -0.25) is 0 Å². The number of ether oxygens (including phenoxy) is 1. The van der Waals surface area contributed by atoms with E-state index in [1.165, 1.54) is 5.56 Å². The first-order chi connectivity index (χ1) is 12.7. The molecule has 7 nitrogen and oxygen atoms in total. The molecule has 0 amide bonds. The van der Waals surface area contributed by atoms with Crippen molar-refractivity contribution in [3.63, 3.8) is 0 Å². The normalized spacial score (nSPS) is 14.2. The van der Waals surface area contributed by atoms with Crippen molar-refractivity contribution in [3.8, 4) is 0 Å². The Morgan fingerprint density at radius 2 is 2.00 bits per heavy atom. The molecule has 1 atom stereocenters. The summed E-state index contributed by atoms with van der Waals surface area (Å²) in [7, 11) is 2.04. The van der Waals surface area contributed by atoms with E-state index < -0.39 is 0 Å². The Morgan fingerprint density at radius 3 is 2.68 bits per heavy atom. The lowest BCUT2D eigenvalue weighted by atomic mass is 10.1. The summed E-state index contributed by atoms with van der Waals surface area (Å²) < 4.78 is 7.64. The Kier molecular flexibility index (Phi) is 10.7. The van der Waals surface area contributed by atoms with Gasteiger partial charge in [0.05, 0.1) is 11.7 Å². The van der Waals surface area contributed by atoms with Crippen molar-refractivity contribution in [2.75, 3.05) is 25.0 Å². The van der Waals surface area contributed by atoms with Crippen LogP contribution in [0, 0.1) is 0 Å². The molecule has 3 rings (SSSR count). The summed E-state index contributed by atoms with van der Waals surface area (Å²) in [4.78, 5) is 14.1. The minimum absolute atomic E-state index is 0. The molecule has 1 unspecified atom stereocenters. The van der Waals surface area contributed by atoms with Crippen LogP contribution < -0.4 is 10.6 Å². The van der Waals surface area contributed by atoms with Crippen molar-refractivity contribution < 1.29 is 4.74 Å². The third-order valence-electron chi connectivity index (χ3n) is 4.72. The van der Waals surface area contributed by atoms with Crippen LogP contribution in [0.25, 0.3) is 0 Å². The van der Waals surface area contributed by atoms with Crippen molar-refractivity contribution in [2.45, 2.75) is 52.2 Å². The molecule has 2 aromatic rings. The van der Waals surface area contributed by atoms with E-state index in [9.17, 15) is 0 Å². The third kappa shape index (κ3) is 6.04. The van der Waals surface area contributed by atoms with Crippen LogP contribution in [-0.2, 0) is 31.2 Å². The zero-order valence-electron chi connectivity index (χ0n) is 16.9. The van der Waals surface area contributed by atoms with E-state index in [0.29, 0.717) is 13.2 Å². The second-order valence-corrected chi connectivity index (χ2v) is 6.68. The molecule has 0 radical (unpaired) electrons. The summed E-state index contributed by atoms with van der Waals surface area (Å²) >= 11 is 0. The molecule has 0 saturated carbocycles. The molecule has 0 bridgehead atoms. The first-order valence-corrected chi connectivity index (χ1v) is 9.63. The Morgan fingerprint density at radius 1 is 1.21 bits per heavy atom. The number of rotatable bonds is 8. The molecule has 158 valence electrons. The highest BCUT2D eigenvalue weighted by Gasteiger charge is 2.21. The van der Waals surface area contributed by atoms with Crippen LogP contribution in [0.15, 0.2) is 12.4 Å². The lowest BCUT2D eigenvalue weighted by molar-refractivity contribution is 0.128. The number of hydrogen-bond acceptors (Lipinski definition) is 6. The average molecular weight is 431 g/mol. The van der Waals surface area contributed by atoms with Crippen LogP contribution in [0.1, 0.15) is 55.6 Å². The Labute approximate surface area is 179 Å². The number of imidazole rings is 1. The molecular weight excluding hydrogens is 399 g/mol. The maximum Gasteiger partial charge on any atom is 0.156 e. The van der Waals surface area contributed by atoms with Gasteiger partial charge in [0.25, 0.3) is 0 Å². The molecule has 0 spiro atoms. The predicted octanol–water partition coefficient (Wildman–Crippen LogP) is 3.23. The number of aromatic nitrogens is 4. The highest BCUT2D eigenvalue weighted by atomic mass is 35.5. The lowest BCUT2D eigenvalue weighted by Gasteiger charge is -2.22. The smallest absolute Gasteiger partial charge is 0.156 e. The Bertz CT molecular complexity index is 724. The number of nitrogens with zero attached hydrogens (tertiary/aromatic N) is 4. The summed E-state index contributed by atoms with van der Waals surface area (Å²) in [6.07, 6.45) is 7.78. The number of hydrogen-bond donors (Lipinski definition) is 2. The number of aryl methyl sites for hydroxylation is 1. The van der Waals surface area contributed by atoms with Gasteiger partial charge in [-0.15, -0.1) is 24.8 Å². The maximum atomic E-state index is 5.56. The van der Waals surface area contributed by atoms with Gasteiger partial charge in [0.2, 0.25) is 0 Å². The second kappa shape index (κ2) is 12.2. The van der Waals surface area contributed by atoms with Crippen molar-refractivity contribution in [1.29, 1.82) is 0 Å². The molecule has 0 aliphatic carbocycles. The molecule has 0 fully saturated rings. The summed E-state index contributed by atoms with van der Waals surface area (Å²) in [5.74, 6) is 2.73. The second-order valence-electron chi connectivity index (χ2n) is 6.68. The fourth-order valence-corrected chi connectivity index (χ4v) is 3.41. The van der Waals surface area contributed by atoms with Gasteiger partial charge in [-0.2, -0.15) is 0 Å². The van der Waals surface area contributed by atoms with E-state index in [2.05, 4.69) is 27.1 Å². The summed E-state index contributed by atoms with van der Waals surface area (Å²) in [5, 5.41) is 7.13. The van der Waals surface area contributed by atoms with E-state index in [-0.39, 0.29) is 30.9 Å². The fourth-order valence-electron chi connectivity index (χ4n) is 3.41. The molecule has 2 aromatic heterocycles. The van der Waals surface area contributed by atoms with Gasteiger partial charge in [-0.25, -0.2) is 15.0 Å². The molecule has 2 N–H and O–H groups in total. The van der Waals surface area contributed by atoms with Gasteiger partial charge in [0.1, 0.15) is 18.2 Å². The van der Waals surface area contributed by atoms with Crippen LogP contribution in [0.4, 0.5) is 5.82 Å². The number of halogens is 2. The van der Waals surface area contributed by atoms with E-state index >= 15 is 0 Å². The van der Waals surface area contributed by atoms with Gasteiger partial charge in [-0.1, -0.05) is 13.3 Å². The van der Waals surface area contributed by atoms with Gasteiger partial charge < -0.3 is 19.9 Å².